The van der Waals surface area contributed by atoms with E-state index in [1.807, 2.05) is 18.3 Å². The third kappa shape index (κ3) is 5.01. The molecule has 1 aromatic heterocycles. The molecule has 2 aromatic carbocycles. The Bertz CT molecular complexity index is 911. The van der Waals surface area contributed by atoms with Crippen molar-refractivity contribution in [2.75, 3.05) is 46.9 Å². The molecule has 0 amide bonds. The Balaban J connectivity index is 1.28. The molecule has 0 atom stereocenters. The van der Waals surface area contributed by atoms with Gasteiger partial charge in [0.2, 0.25) is 0 Å². The lowest BCUT2D eigenvalue weighted by Crippen LogP contribution is -2.46. The third-order valence-electron chi connectivity index (χ3n) is 5.69. The fourth-order valence-electron chi connectivity index (χ4n) is 3.97. The average Bonchev–Trinajstić information content (AvgIpc) is 3.27. The van der Waals surface area contributed by atoms with Crippen LogP contribution in [0.5, 0.6) is 11.5 Å². The Morgan fingerprint density at radius 3 is 2.17 bits per heavy atom. The highest BCUT2D eigenvalue weighted by atomic mass is 16.5. The van der Waals surface area contributed by atoms with Gasteiger partial charge >= 0.3 is 0 Å². The Labute approximate surface area is 178 Å². The first-order valence-electron chi connectivity index (χ1n) is 10.5. The second kappa shape index (κ2) is 9.78. The predicted molar refractivity (Wildman–Crippen MR) is 119 cm³/mol. The first-order valence-corrected chi connectivity index (χ1v) is 10.5. The van der Waals surface area contributed by atoms with Gasteiger partial charge in [0.25, 0.3) is 0 Å². The fraction of sp³-hybridized carbons (Fsp3) is 0.375. The average molecular weight is 407 g/mol. The van der Waals surface area contributed by atoms with Gasteiger partial charge in [0, 0.05) is 69.8 Å². The van der Waals surface area contributed by atoms with E-state index in [1.54, 1.807) is 14.2 Å². The first-order chi connectivity index (χ1) is 14.7. The van der Waals surface area contributed by atoms with E-state index in [1.165, 1.54) is 11.1 Å². The maximum atomic E-state index is 5.40. The minimum absolute atomic E-state index is 0.845. The SMILES string of the molecule is COc1cc(CN2CCN(CCn3ccnc3-c3ccccc3)CC2)cc(OC)c1. The number of piperazine rings is 1. The van der Waals surface area contributed by atoms with Gasteiger partial charge in [0.15, 0.2) is 0 Å². The van der Waals surface area contributed by atoms with Crippen LogP contribution in [-0.4, -0.2) is 66.3 Å². The van der Waals surface area contributed by atoms with E-state index in [0.717, 1.165) is 63.1 Å². The van der Waals surface area contributed by atoms with Crippen molar-refractivity contribution < 1.29 is 9.47 Å². The minimum Gasteiger partial charge on any atom is -0.497 e. The summed E-state index contributed by atoms with van der Waals surface area (Å²) < 4.78 is 13.1. The molecule has 30 heavy (non-hydrogen) atoms. The molecule has 1 aliphatic heterocycles. The van der Waals surface area contributed by atoms with Crippen LogP contribution in [0.1, 0.15) is 5.56 Å². The van der Waals surface area contributed by atoms with Crippen LogP contribution in [0.15, 0.2) is 60.9 Å². The van der Waals surface area contributed by atoms with Crippen molar-refractivity contribution in [3.63, 3.8) is 0 Å². The van der Waals surface area contributed by atoms with Crippen LogP contribution < -0.4 is 9.47 Å². The lowest BCUT2D eigenvalue weighted by atomic mass is 10.1. The van der Waals surface area contributed by atoms with Crippen molar-refractivity contribution in [2.45, 2.75) is 13.1 Å². The standard InChI is InChI=1S/C24H30N4O2/c1-29-22-16-20(17-23(18-22)30-2)19-27-12-10-26(11-13-27)14-15-28-9-8-25-24(28)21-6-4-3-5-7-21/h3-9,16-18H,10-15,19H2,1-2H3. The van der Waals surface area contributed by atoms with E-state index in [4.69, 9.17) is 9.47 Å². The van der Waals surface area contributed by atoms with Crippen LogP contribution >= 0.6 is 0 Å². The summed E-state index contributed by atoms with van der Waals surface area (Å²) in [7, 11) is 3.39. The zero-order valence-electron chi connectivity index (χ0n) is 17.8. The number of hydrogen-bond donors (Lipinski definition) is 0. The molecule has 1 saturated heterocycles. The predicted octanol–water partition coefficient (Wildman–Crippen LogP) is 3.39. The Morgan fingerprint density at radius 2 is 1.50 bits per heavy atom. The topological polar surface area (TPSA) is 42.8 Å². The third-order valence-corrected chi connectivity index (χ3v) is 5.69. The van der Waals surface area contributed by atoms with Crippen LogP contribution in [-0.2, 0) is 13.1 Å². The number of rotatable bonds is 8. The van der Waals surface area contributed by atoms with E-state index >= 15 is 0 Å². The lowest BCUT2D eigenvalue weighted by Gasteiger charge is -2.35. The van der Waals surface area contributed by atoms with Gasteiger partial charge in [-0.1, -0.05) is 30.3 Å². The van der Waals surface area contributed by atoms with E-state index in [-0.39, 0.29) is 0 Å². The van der Waals surface area contributed by atoms with Gasteiger partial charge in [-0.2, -0.15) is 0 Å². The summed E-state index contributed by atoms with van der Waals surface area (Å²) in [6, 6.07) is 16.5. The summed E-state index contributed by atoms with van der Waals surface area (Å²) in [4.78, 5) is 9.59. The van der Waals surface area contributed by atoms with Gasteiger partial charge in [-0.3, -0.25) is 9.80 Å². The van der Waals surface area contributed by atoms with E-state index in [0.29, 0.717) is 0 Å². The molecule has 0 unspecified atom stereocenters. The van der Waals surface area contributed by atoms with Crippen molar-refractivity contribution in [3.8, 4) is 22.9 Å². The van der Waals surface area contributed by atoms with Gasteiger partial charge in [-0.05, 0) is 17.7 Å². The molecule has 0 N–H and O–H groups in total. The van der Waals surface area contributed by atoms with E-state index in [9.17, 15) is 0 Å². The van der Waals surface area contributed by atoms with Crippen molar-refractivity contribution in [3.05, 3.63) is 66.5 Å². The molecule has 6 nitrogen and oxygen atoms in total. The molecular formula is C24H30N4O2. The van der Waals surface area contributed by atoms with E-state index < -0.39 is 0 Å². The lowest BCUT2D eigenvalue weighted by molar-refractivity contribution is 0.124. The molecule has 0 bridgehead atoms. The van der Waals surface area contributed by atoms with Gasteiger partial charge < -0.3 is 14.0 Å². The van der Waals surface area contributed by atoms with Gasteiger partial charge in [0.1, 0.15) is 17.3 Å². The number of ether oxygens (including phenoxy) is 2. The second-order valence-electron chi connectivity index (χ2n) is 7.65. The monoisotopic (exact) mass is 406 g/mol. The summed E-state index contributed by atoms with van der Waals surface area (Å²) in [6.07, 6.45) is 3.97. The molecule has 0 spiro atoms. The number of nitrogens with zero attached hydrogens (tertiary/aromatic N) is 4. The number of benzene rings is 2. The molecule has 3 aromatic rings. The highest BCUT2D eigenvalue weighted by molar-refractivity contribution is 5.55. The second-order valence-corrected chi connectivity index (χ2v) is 7.65. The summed E-state index contributed by atoms with van der Waals surface area (Å²) in [5.41, 5.74) is 2.40. The van der Waals surface area contributed by atoms with Gasteiger partial charge in [-0.15, -0.1) is 0 Å². The first kappa shape index (κ1) is 20.4. The fourth-order valence-corrected chi connectivity index (χ4v) is 3.97. The van der Waals surface area contributed by atoms with Gasteiger partial charge in [-0.25, -0.2) is 4.98 Å². The highest BCUT2D eigenvalue weighted by Gasteiger charge is 2.18. The largest absolute Gasteiger partial charge is 0.497 e. The normalized spacial score (nSPS) is 15.3. The maximum absolute atomic E-state index is 5.40. The highest BCUT2D eigenvalue weighted by Crippen LogP contribution is 2.24. The zero-order chi connectivity index (χ0) is 20.8. The van der Waals surface area contributed by atoms with Crippen LogP contribution in [0.2, 0.25) is 0 Å². The number of imidazole rings is 1. The summed E-state index contributed by atoms with van der Waals surface area (Å²) >= 11 is 0. The Morgan fingerprint density at radius 1 is 0.833 bits per heavy atom. The number of methoxy groups -OCH3 is 2. The van der Waals surface area contributed by atoms with E-state index in [2.05, 4.69) is 61.9 Å². The van der Waals surface area contributed by atoms with Crippen LogP contribution in [0.25, 0.3) is 11.4 Å². The Kier molecular flexibility index (Phi) is 6.67. The summed E-state index contributed by atoms with van der Waals surface area (Å²) in [5, 5.41) is 0. The van der Waals surface area contributed by atoms with Crippen molar-refractivity contribution in [2.24, 2.45) is 0 Å². The smallest absolute Gasteiger partial charge is 0.139 e. The number of hydrogen-bond acceptors (Lipinski definition) is 5. The molecule has 0 aliphatic carbocycles. The maximum Gasteiger partial charge on any atom is 0.139 e. The van der Waals surface area contributed by atoms with Crippen LogP contribution in [0.3, 0.4) is 0 Å². The molecule has 1 aliphatic rings. The van der Waals surface area contributed by atoms with Crippen LogP contribution in [0.4, 0.5) is 0 Å². The van der Waals surface area contributed by atoms with Crippen molar-refractivity contribution in [1.29, 1.82) is 0 Å². The summed E-state index contributed by atoms with van der Waals surface area (Å²) in [5.74, 6) is 2.73. The summed E-state index contributed by atoms with van der Waals surface area (Å²) in [6.45, 7) is 7.20. The molecule has 4 rings (SSSR count). The molecule has 158 valence electrons. The molecule has 2 heterocycles. The molecular weight excluding hydrogens is 376 g/mol. The van der Waals surface area contributed by atoms with Gasteiger partial charge in [0.05, 0.1) is 14.2 Å². The minimum atomic E-state index is 0.845. The zero-order valence-corrected chi connectivity index (χ0v) is 17.8. The van der Waals surface area contributed by atoms with Crippen molar-refractivity contribution in [1.82, 2.24) is 19.4 Å². The van der Waals surface area contributed by atoms with Crippen LogP contribution in [0, 0.1) is 0 Å². The quantitative estimate of drug-likeness (QED) is 0.574. The van der Waals surface area contributed by atoms with Crippen molar-refractivity contribution >= 4 is 0 Å². The Hall–Kier alpha value is -2.83. The molecule has 0 saturated carbocycles. The molecule has 0 radical (unpaired) electrons. The molecule has 1 fully saturated rings. The molecule has 6 heteroatoms. The number of aromatic nitrogens is 2.